The molecule has 0 saturated heterocycles. The average Bonchev–Trinajstić information content (AvgIpc) is 1.87. The molecule has 58 valence electrons. The Hall–Kier alpha value is -0.240. The van der Waals surface area contributed by atoms with Crippen LogP contribution in [-0.2, 0) is 4.79 Å². The van der Waals surface area contributed by atoms with Gasteiger partial charge in [0, 0.05) is 0 Å². The van der Waals surface area contributed by atoms with Crippen molar-refractivity contribution in [2.24, 2.45) is 5.92 Å². The van der Waals surface area contributed by atoms with E-state index in [1.807, 2.05) is 6.08 Å². The molecule has 0 radical (unpaired) electrons. The first kappa shape index (κ1) is 9.76. The van der Waals surface area contributed by atoms with Gasteiger partial charge in [0.2, 0.25) is 0 Å². The molecule has 2 heteroatoms. The molecule has 0 unspecified atom stereocenters. The van der Waals surface area contributed by atoms with E-state index in [0.717, 1.165) is 6.42 Å². The molecule has 0 bridgehead atoms. The van der Waals surface area contributed by atoms with Crippen LogP contribution in [0.15, 0.2) is 12.2 Å². The number of carbonyl (C=O) groups excluding carboxylic acids is 1. The van der Waals surface area contributed by atoms with E-state index < -0.39 is 0 Å². The predicted molar refractivity (Wildman–Crippen MR) is 47.5 cm³/mol. The number of ketones is 1. The van der Waals surface area contributed by atoms with E-state index in [-0.39, 0.29) is 5.78 Å². The molecule has 0 aromatic rings. The fourth-order valence-electron chi connectivity index (χ4n) is 0.524. The van der Waals surface area contributed by atoms with E-state index in [4.69, 9.17) is 0 Å². The van der Waals surface area contributed by atoms with Gasteiger partial charge in [-0.2, -0.15) is 12.6 Å². The smallest absolute Gasteiger partial charge is 0.164 e. The van der Waals surface area contributed by atoms with Crippen LogP contribution in [0.3, 0.4) is 0 Å². The Bertz CT molecular complexity index is 127. The summed E-state index contributed by atoms with van der Waals surface area (Å²) in [5.74, 6) is 1.03. The maximum atomic E-state index is 10.6. The summed E-state index contributed by atoms with van der Waals surface area (Å²) in [4.78, 5) is 10.6. The highest BCUT2D eigenvalue weighted by Crippen LogP contribution is 1.99. The number of carbonyl (C=O) groups is 1. The molecule has 10 heavy (non-hydrogen) atoms. The van der Waals surface area contributed by atoms with Gasteiger partial charge in [-0.15, -0.1) is 0 Å². The zero-order valence-corrected chi connectivity index (χ0v) is 7.40. The number of hydrogen-bond acceptors (Lipinski definition) is 2. The van der Waals surface area contributed by atoms with Gasteiger partial charge in [-0.1, -0.05) is 19.9 Å². The molecule has 0 aromatic carbocycles. The number of thiol groups is 1. The van der Waals surface area contributed by atoms with Crippen molar-refractivity contribution in [1.29, 1.82) is 0 Å². The summed E-state index contributed by atoms with van der Waals surface area (Å²) in [6.07, 6.45) is 4.48. The van der Waals surface area contributed by atoms with E-state index >= 15 is 0 Å². The summed E-state index contributed by atoms with van der Waals surface area (Å²) in [5.41, 5.74) is 0. The lowest BCUT2D eigenvalue weighted by Crippen LogP contribution is -1.92. The zero-order chi connectivity index (χ0) is 7.98. The van der Waals surface area contributed by atoms with E-state index in [1.54, 1.807) is 6.08 Å². The van der Waals surface area contributed by atoms with Crippen LogP contribution < -0.4 is 0 Å². The molecule has 0 fully saturated rings. The van der Waals surface area contributed by atoms with Crippen LogP contribution in [0.5, 0.6) is 0 Å². The lowest BCUT2D eigenvalue weighted by molar-refractivity contribution is -0.112. The second-order valence-corrected chi connectivity index (χ2v) is 2.97. The Labute approximate surface area is 67.9 Å². The molecule has 0 saturated carbocycles. The third kappa shape index (κ3) is 5.89. The molecule has 0 spiro atoms. The molecule has 0 aliphatic heterocycles. The van der Waals surface area contributed by atoms with Crippen molar-refractivity contribution in [2.75, 3.05) is 5.75 Å². The van der Waals surface area contributed by atoms with Crippen molar-refractivity contribution in [3.63, 3.8) is 0 Å². The highest BCUT2D eigenvalue weighted by atomic mass is 32.1. The van der Waals surface area contributed by atoms with Crippen LogP contribution in [0, 0.1) is 5.92 Å². The first-order valence-electron chi connectivity index (χ1n) is 3.47. The van der Waals surface area contributed by atoms with Crippen molar-refractivity contribution >= 4 is 18.4 Å². The van der Waals surface area contributed by atoms with Gasteiger partial charge in [0.05, 0.1) is 5.75 Å². The zero-order valence-electron chi connectivity index (χ0n) is 6.50. The number of allylic oxidation sites excluding steroid dienone is 2. The molecule has 0 heterocycles. The van der Waals surface area contributed by atoms with Gasteiger partial charge in [-0.25, -0.2) is 0 Å². The monoisotopic (exact) mass is 158 g/mol. The minimum absolute atomic E-state index is 0.0870. The minimum atomic E-state index is 0.0870. The molecule has 0 aliphatic rings. The third-order valence-corrected chi connectivity index (χ3v) is 1.38. The first-order chi connectivity index (χ1) is 4.66. The van der Waals surface area contributed by atoms with Gasteiger partial charge < -0.3 is 0 Å². The van der Waals surface area contributed by atoms with Gasteiger partial charge in [0.15, 0.2) is 5.78 Å². The SMILES string of the molecule is CC(C)CC=CC(=O)CS. The standard InChI is InChI=1S/C8H14OS/c1-7(2)4-3-5-8(9)6-10/h3,5,7,10H,4,6H2,1-2H3. The molecular weight excluding hydrogens is 144 g/mol. The van der Waals surface area contributed by atoms with Crippen LogP contribution in [0.4, 0.5) is 0 Å². The van der Waals surface area contributed by atoms with Crippen molar-refractivity contribution in [2.45, 2.75) is 20.3 Å². The van der Waals surface area contributed by atoms with Crippen molar-refractivity contribution in [3.8, 4) is 0 Å². The Morgan fingerprint density at radius 1 is 1.60 bits per heavy atom. The summed E-state index contributed by atoms with van der Waals surface area (Å²) in [6.45, 7) is 4.24. The summed E-state index contributed by atoms with van der Waals surface area (Å²) < 4.78 is 0. The van der Waals surface area contributed by atoms with Crippen molar-refractivity contribution < 1.29 is 4.79 Å². The topological polar surface area (TPSA) is 17.1 Å². The highest BCUT2D eigenvalue weighted by Gasteiger charge is 1.90. The van der Waals surface area contributed by atoms with E-state index in [0.29, 0.717) is 11.7 Å². The molecule has 0 atom stereocenters. The van der Waals surface area contributed by atoms with Crippen LogP contribution >= 0.6 is 12.6 Å². The summed E-state index contributed by atoms with van der Waals surface area (Å²) in [6, 6.07) is 0. The lowest BCUT2D eigenvalue weighted by atomic mass is 10.1. The Balaban J connectivity index is 3.46. The van der Waals surface area contributed by atoms with Crippen LogP contribution in [0.1, 0.15) is 20.3 Å². The second-order valence-electron chi connectivity index (χ2n) is 2.66. The fraction of sp³-hybridized carbons (Fsp3) is 0.625. The second kappa shape index (κ2) is 5.54. The summed E-state index contributed by atoms with van der Waals surface area (Å²) >= 11 is 3.84. The molecule has 0 rings (SSSR count). The van der Waals surface area contributed by atoms with Crippen molar-refractivity contribution in [1.82, 2.24) is 0 Å². The van der Waals surface area contributed by atoms with Gasteiger partial charge in [-0.05, 0) is 18.4 Å². The highest BCUT2D eigenvalue weighted by molar-refractivity contribution is 7.81. The quantitative estimate of drug-likeness (QED) is 0.489. The molecular formula is C8H14OS. The molecule has 0 amide bonds. The van der Waals surface area contributed by atoms with Crippen molar-refractivity contribution in [3.05, 3.63) is 12.2 Å². The van der Waals surface area contributed by atoms with E-state index in [2.05, 4.69) is 26.5 Å². The lowest BCUT2D eigenvalue weighted by Gasteiger charge is -1.95. The Morgan fingerprint density at radius 2 is 2.20 bits per heavy atom. The van der Waals surface area contributed by atoms with Crippen LogP contribution in [0.2, 0.25) is 0 Å². The number of rotatable bonds is 4. The summed E-state index contributed by atoms with van der Waals surface area (Å²) in [5, 5.41) is 0. The Kier molecular flexibility index (Phi) is 5.40. The normalized spacial score (nSPS) is 11.2. The van der Waals surface area contributed by atoms with E-state index in [9.17, 15) is 4.79 Å². The summed E-state index contributed by atoms with van der Waals surface area (Å²) in [7, 11) is 0. The fourth-order valence-corrected chi connectivity index (χ4v) is 0.630. The van der Waals surface area contributed by atoms with Gasteiger partial charge >= 0.3 is 0 Å². The van der Waals surface area contributed by atoms with Crippen LogP contribution in [0.25, 0.3) is 0 Å². The number of hydrogen-bond donors (Lipinski definition) is 1. The first-order valence-corrected chi connectivity index (χ1v) is 4.10. The van der Waals surface area contributed by atoms with Crippen LogP contribution in [-0.4, -0.2) is 11.5 Å². The largest absolute Gasteiger partial charge is 0.294 e. The molecule has 0 N–H and O–H groups in total. The predicted octanol–water partition coefficient (Wildman–Crippen LogP) is 2.09. The Morgan fingerprint density at radius 3 is 2.60 bits per heavy atom. The molecule has 1 nitrogen and oxygen atoms in total. The average molecular weight is 158 g/mol. The molecule has 0 aromatic heterocycles. The van der Waals surface area contributed by atoms with Gasteiger partial charge in [0.1, 0.15) is 0 Å². The maximum Gasteiger partial charge on any atom is 0.164 e. The maximum absolute atomic E-state index is 10.6. The van der Waals surface area contributed by atoms with Gasteiger partial charge in [0.25, 0.3) is 0 Å². The molecule has 0 aliphatic carbocycles. The van der Waals surface area contributed by atoms with E-state index in [1.165, 1.54) is 0 Å². The van der Waals surface area contributed by atoms with Gasteiger partial charge in [-0.3, -0.25) is 4.79 Å². The third-order valence-electron chi connectivity index (χ3n) is 1.07. The minimum Gasteiger partial charge on any atom is -0.294 e.